The van der Waals surface area contributed by atoms with E-state index < -0.39 is 10.1 Å². The molecule has 10 heteroatoms. The second kappa shape index (κ2) is 10.8. The summed E-state index contributed by atoms with van der Waals surface area (Å²) in [4.78, 5) is 10.8. The van der Waals surface area contributed by atoms with E-state index >= 15 is 0 Å². The van der Waals surface area contributed by atoms with Gasteiger partial charge in [-0.15, -0.1) is 5.11 Å². The van der Waals surface area contributed by atoms with E-state index in [4.69, 9.17) is 0 Å². The number of carbonyl (C=O) groups excluding carboxylic acids is 1. The van der Waals surface area contributed by atoms with Crippen LogP contribution in [0.1, 0.15) is 0 Å². The lowest BCUT2D eigenvalue weighted by Crippen LogP contribution is -2.06. The second-order valence-corrected chi connectivity index (χ2v) is 7.57. The highest BCUT2D eigenvalue weighted by Gasteiger charge is 2.13. The van der Waals surface area contributed by atoms with Gasteiger partial charge < -0.3 is 4.90 Å². The van der Waals surface area contributed by atoms with Crippen LogP contribution < -0.4 is 5.53 Å². The first-order valence-electron chi connectivity index (χ1n) is 8.66. The van der Waals surface area contributed by atoms with Crippen LogP contribution in [-0.4, -0.2) is 44.6 Å². The van der Waals surface area contributed by atoms with Crippen LogP contribution in [0.5, 0.6) is 0 Å². The number of hydrazone groups is 1. The smallest absolute Gasteiger partial charge is 0.294 e. The number of fused-ring (bicyclic) bond motifs is 3. The van der Waals surface area contributed by atoms with Gasteiger partial charge in [-0.25, -0.2) is 0 Å². The molecule has 0 radical (unpaired) electrons. The van der Waals surface area contributed by atoms with Gasteiger partial charge in [-0.05, 0) is 40.1 Å². The normalized spacial score (nSPS) is 12.1. The van der Waals surface area contributed by atoms with E-state index in [0.29, 0.717) is 0 Å². The van der Waals surface area contributed by atoms with Crippen LogP contribution in [0.25, 0.3) is 21.9 Å². The summed E-state index contributed by atoms with van der Waals surface area (Å²) in [6, 6.07) is 16.1. The van der Waals surface area contributed by atoms with Crippen molar-refractivity contribution < 1.29 is 17.8 Å². The average Bonchev–Trinajstić information content (AvgIpc) is 2.91. The van der Waals surface area contributed by atoms with Crippen molar-refractivity contribution in [1.29, 1.82) is 0 Å². The van der Waals surface area contributed by atoms with E-state index in [1.807, 2.05) is 42.5 Å². The van der Waals surface area contributed by atoms with Gasteiger partial charge in [0.15, 0.2) is 0 Å². The largest absolute Gasteiger partial charge is 0.351 e. The zero-order valence-electron chi connectivity index (χ0n) is 16.4. The topological polar surface area (TPSA) is 124 Å². The number of nitrogens with zero attached hydrogens (tertiary/aromatic N) is 4. The molecule has 0 fully saturated rings. The molecule has 1 amide bonds. The summed E-state index contributed by atoms with van der Waals surface area (Å²) in [6.45, 7) is 0. The number of allylic oxidation sites excluding steroid dienone is 1. The van der Waals surface area contributed by atoms with E-state index in [1.54, 1.807) is 32.6 Å². The van der Waals surface area contributed by atoms with E-state index in [2.05, 4.69) is 21.0 Å². The summed E-state index contributed by atoms with van der Waals surface area (Å²) in [6.07, 6.45) is 5.55. The van der Waals surface area contributed by atoms with Gasteiger partial charge in [-0.3, -0.25) is 9.35 Å². The van der Waals surface area contributed by atoms with Crippen LogP contribution in [0, 0.1) is 0 Å². The van der Waals surface area contributed by atoms with Gasteiger partial charge in [0, 0.05) is 14.1 Å². The first-order chi connectivity index (χ1) is 14.3. The summed E-state index contributed by atoms with van der Waals surface area (Å²) in [5.74, 6) is 0. The predicted octanol–water partition coefficient (Wildman–Crippen LogP) is 3.35. The van der Waals surface area contributed by atoms with Gasteiger partial charge in [-0.2, -0.15) is 19.1 Å². The number of amides is 1. The number of nitrogens with one attached hydrogen (secondary N) is 1. The Bertz CT molecular complexity index is 1140. The third-order valence-electron chi connectivity index (χ3n) is 3.68. The fourth-order valence-corrected chi connectivity index (χ4v) is 2.96. The van der Waals surface area contributed by atoms with Crippen LogP contribution in [0.4, 0.5) is 0 Å². The van der Waals surface area contributed by atoms with Crippen LogP contribution in [0.15, 0.2) is 87.2 Å². The molecule has 1 aromatic rings. The van der Waals surface area contributed by atoms with E-state index in [9.17, 15) is 17.8 Å². The Kier molecular flexibility index (Phi) is 8.15. The lowest BCUT2D eigenvalue weighted by Gasteiger charge is -1.96. The number of hydrogen-bond acceptors (Lipinski definition) is 7. The van der Waals surface area contributed by atoms with Crippen molar-refractivity contribution in [3.8, 4) is 11.1 Å². The Labute approximate surface area is 174 Å². The molecule has 0 saturated heterocycles. The van der Waals surface area contributed by atoms with Gasteiger partial charge in [0.1, 0.15) is 0 Å². The van der Waals surface area contributed by atoms with Crippen LogP contribution in [-0.2, 0) is 14.9 Å². The molecule has 1 heterocycles. The van der Waals surface area contributed by atoms with E-state index in [1.165, 1.54) is 17.0 Å². The van der Waals surface area contributed by atoms with Crippen molar-refractivity contribution in [1.82, 2.24) is 10.4 Å². The summed E-state index contributed by atoms with van der Waals surface area (Å²) < 4.78 is 31.9. The molecule has 0 saturated carbocycles. The van der Waals surface area contributed by atoms with Crippen molar-refractivity contribution in [2.75, 3.05) is 14.1 Å². The zero-order chi connectivity index (χ0) is 22.0. The van der Waals surface area contributed by atoms with Gasteiger partial charge >= 0.3 is 0 Å². The maximum Gasteiger partial charge on any atom is 0.294 e. The Hall–Kier alpha value is -3.63. The van der Waals surface area contributed by atoms with Crippen molar-refractivity contribution in [3.63, 3.8) is 0 Å². The Morgan fingerprint density at radius 2 is 1.80 bits per heavy atom. The molecule has 4 rings (SSSR count). The highest BCUT2D eigenvalue weighted by molar-refractivity contribution is 7.85. The van der Waals surface area contributed by atoms with Gasteiger partial charge in [0.2, 0.25) is 6.41 Å². The Morgan fingerprint density at radius 1 is 1.07 bits per heavy atom. The molecule has 3 aliphatic rings. The molecule has 0 atom stereocenters. The summed E-state index contributed by atoms with van der Waals surface area (Å²) in [5, 5.41) is 12.1. The number of carbonyl (C=O) groups is 1. The maximum atomic E-state index is 11.3. The van der Waals surface area contributed by atoms with Crippen molar-refractivity contribution in [2.24, 2.45) is 15.4 Å². The summed E-state index contributed by atoms with van der Waals surface area (Å²) >= 11 is 0. The first kappa shape index (κ1) is 22.7. The van der Waals surface area contributed by atoms with Crippen molar-refractivity contribution in [3.05, 3.63) is 66.9 Å². The minimum atomic E-state index is -4.21. The van der Waals surface area contributed by atoms with Crippen molar-refractivity contribution >= 4 is 33.5 Å². The van der Waals surface area contributed by atoms with Gasteiger partial charge in [0.25, 0.3) is 10.1 Å². The minimum absolute atomic E-state index is 0.0834. The Morgan fingerprint density at radius 3 is 2.50 bits per heavy atom. The average molecular weight is 427 g/mol. The highest BCUT2D eigenvalue weighted by Crippen LogP contribution is 2.32. The second-order valence-electron chi connectivity index (χ2n) is 6.15. The molecule has 0 unspecified atom stereocenters. The van der Waals surface area contributed by atoms with E-state index in [0.717, 1.165) is 28.3 Å². The summed E-state index contributed by atoms with van der Waals surface area (Å²) in [7, 11) is -0.832. The molecule has 2 N–H and O–H groups in total. The third-order valence-corrected chi connectivity index (χ3v) is 4.51. The molecule has 156 valence electrons. The number of hydrogen-bond donors (Lipinski definition) is 2. The molecule has 1 aliphatic heterocycles. The molecule has 0 spiro atoms. The molecular formula is C20H21N5O4S. The Balaban J connectivity index is 0.000000220. The van der Waals surface area contributed by atoms with Gasteiger partial charge in [0.05, 0.1) is 17.3 Å². The maximum absolute atomic E-state index is 11.3. The van der Waals surface area contributed by atoms with Gasteiger partial charge in [-0.1, -0.05) is 47.7 Å². The molecule has 1 aromatic carbocycles. The van der Waals surface area contributed by atoms with E-state index in [-0.39, 0.29) is 4.90 Å². The van der Waals surface area contributed by atoms with Crippen LogP contribution >= 0.6 is 0 Å². The molecule has 0 aromatic heterocycles. The zero-order valence-corrected chi connectivity index (χ0v) is 17.2. The molecule has 30 heavy (non-hydrogen) atoms. The fourth-order valence-electron chi connectivity index (χ4n) is 2.41. The molecule has 9 nitrogen and oxygen atoms in total. The standard InChI is InChI=1S/C14H10O3S.C3H4N4.C3H7NO/c15-18(16,17)12-8-10-4-1-2-6-13(10)14-7-3-5-11(14)9-12;1-2-4-6-7-5-3-1;1-4(2)3-5/h1-9H,(H,15,16,17);1-3H,(H,4,7);3H,1-2H3. The highest BCUT2D eigenvalue weighted by atomic mass is 32.2. The molecule has 2 aliphatic carbocycles. The SMILES string of the molecule is C1=CN=NNN=C1.CN(C)C=O.O=S(=O)(O)c1cc2cccc-2c2ccccc2c1. The monoisotopic (exact) mass is 427 g/mol. The molecular weight excluding hydrogens is 406 g/mol. The van der Waals surface area contributed by atoms with Crippen molar-refractivity contribution in [2.45, 2.75) is 4.90 Å². The summed E-state index contributed by atoms with van der Waals surface area (Å²) in [5.41, 5.74) is 4.08. The number of benzene rings is 1. The molecule has 0 bridgehead atoms. The van der Waals surface area contributed by atoms with Crippen LogP contribution in [0.3, 0.4) is 0 Å². The lowest BCUT2D eigenvalue weighted by atomic mass is 10.1. The number of rotatable bonds is 2. The quantitative estimate of drug-likeness (QED) is 0.479. The fraction of sp³-hybridized carbons (Fsp3) is 0.100. The van der Waals surface area contributed by atoms with Crippen LogP contribution in [0.2, 0.25) is 0 Å². The lowest BCUT2D eigenvalue weighted by molar-refractivity contribution is -0.115. The first-order valence-corrected chi connectivity index (χ1v) is 10.1. The third kappa shape index (κ3) is 6.76. The minimum Gasteiger partial charge on any atom is -0.351 e. The predicted molar refractivity (Wildman–Crippen MR) is 116 cm³/mol.